The fourth-order valence-corrected chi connectivity index (χ4v) is 1.47. The van der Waals surface area contributed by atoms with Gasteiger partial charge < -0.3 is 4.74 Å². The van der Waals surface area contributed by atoms with E-state index in [-0.39, 0.29) is 5.97 Å². The van der Waals surface area contributed by atoms with Crippen LogP contribution in [0.3, 0.4) is 0 Å². The lowest BCUT2D eigenvalue weighted by molar-refractivity contribution is 0.00692. The second-order valence-electron chi connectivity index (χ2n) is 5.64. The van der Waals surface area contributed by atoms with Gasteiger partial charge in [0.2, 0.25) is 0 Å². The molecular formula is C14H21NO2. The molecule has 0 saturated heterocycles. The predicted molar refractivity (Wildman–Crippen MR) is 67.9 cm³/mol. The zero-order valence-corrected chi connectivity index (χ0v) is 11.3. The van der Waals surface area contributed by atoms with Gasteiger partial charge in [0.1, 0.15) is 5.60 Å². The second kappa shape index (κ2) is 5.30. The van der Waals surface area contributed by atoms with E-state index in [1.807, 2.05) is 26.8 Å². The Balaban J connectivity index is 2.81. The molecule has 1 aromatic heterocycles. The van der Waals surface area contributed by atoms with Crippen molar-refractivity contribution in [3.05, 3.63) is 29.6 Å². The minimum atomic E-state index is -0.460. The summed E-state index contributed by atoms with van der Waals surface area (Å²) >= 11 is 0. The van der Waals surface area contributed by atoms with E-state index in [1.54, 1.807) is 12.3 Å². The minimum absolute atomic E-state index is 0.287. The lowest BCUT2D eigenvalue weighted by atomic mass is 10.1. The number of nitrogens with zero attached hydrogens (tertiary/aromatic N) is 1. The molecule has 0 aromatic carbocycles. The Kier molecular flexibility index (Phi) is 4.27. The van der Waals surface area contributed by atoms with Crippen LogP contribution in [0.2, 0.25) is 0 Å². The predicted octanol–water partition coefficient (Wildman–Crippen LogP) is 3.24. The molecule has 0 N–H and O–H groups in total. The number of hydrogen-bond acceptors (Lipinski definition) is 3. The van der Waals surface area contributed by atoms with Crippen LogP contribution >= 0.6 is 0 Å². The maximum Gasteiger partial charge on any atom is 0.338 e. The van der Waals surface area contributed by atoms with Gasteiger partial charge in [-0.3, -0.25) is 4.98 Å². The lowest BCUT2D eigenvalue weighted by Crippen LogP contribution is -2.24. The first-order valence-electron chi connectivity index (χ1n) is 5.96. The molecule has 0 unspecified atom stereocenters. The average molecular weight is 235 g/mol. The zero-order valence-electron chi connectivity index (χ0n) is 11.3. The van der Waals surface area contributed by atoms with Gasteiger partial charge in [-0.1, -0.05) is 13.8 Å². The molecule has 0 aliphatic carbocycles. The quantitative estimate of drug-likeness (QED) is 0.755. The summed E-state index contributed by atoms with van der Waals surface area (Å²) in [5.41, 5.74) is 1.05. The first-order valence-corrected chi connectivity index (χ1v) is 5.96. The summed E-state index contributed by atoms with van der Waals surface area (Å²) in [6, 6.07) is 3.51. The molecule has 0 aliphatic heterocycles. The van der Waals surface area contributed by atoms with Gasteiger partial charge in [-0.2, -0.15) is 0 Å². The third-order valence-electron chi connectivity index (χ3n) is 2.07. The van der Waals surface area contributed by atoms with Gasteiger partial charge in [-0.05, 0) is 45.2 Å². The van der Waals surface area contributed by atoms with Crippen LogP contribution in [-0.2, 0) is 11.2 Å². The molecule has 17 heavy (non-hydrogen) atoms. The standard InChI is InChI=1S/C14H21NO2/c1-10(2)8-12-9-11(6-7-15-12)13(16)17-14(3,4)5/h6-7,9-10H,8H2,1-5H3. The van der Waals surface area contributed by atoms with E-state index in [0.717, 1.165) is 12.1 Å². The van der Waals surface area contributed by atoms with E-state index in [9.17, 15) is 4.79 Å². The van der Waals surface area contributed by atoms with Crippen molar-refractivity contribution in [1.82, 2.24) is 4.98 Å². The van der Waals surface area contributed by atoms with Gasteiger partial charge >= 0.3 is 5.97 Å². The summed E-state index contributed by atoms with van der Waals surface area (Å²) in [6.45, 7) is 9.84. The molecule has 1 aromatic rings. The zero-order chi connectivity index (χ0) is 13.1. The number of esters is 1. The highest BCUT2D eigenvalue weighted by molar-refractivity contribution is 5.89. The van der Waals surface area contributed by atoms with Gasteiger partial charge in [0.25, 0.3) is 0 Å². The van der Waals surface area contributed by atoms with E-state index < -0.39 is 5.60 Å². The van der Waals surface area contributed by atoms with Crippen LogP contribution in [0.25, 0.3) is 0 Å². The topological polar surface area (TPSA) is 39.2 Å². The number of carbonyl (C=O) groups excluding carboxylic acids is 1. The number of hydrogen-bond donors (Lipinski definition) is 0. The van der Waals surface area contributed by atoms with E-state index in [4.69, 9.17) is 4.74 Å². The van der Waals surface area contributed by atoms with Crippen molar-refractivity contribution in [1.29, 1.82) is 0 Å². The van der Waals surface area contributed by atoms with Gasteiger partial charge in [0.15, 0.2) is 0 Å². The molecule has 0 amide bonds. The van der Waals surface area contributed by atoms with Crippen molar-refractivity contribution in [2.24, 2.45) is 5.92 Å². The SMILES string of the molecule is CC(C)Cc1cc(C(=O)OC(C)(C)C)ccn1. The molecule has 3 nitrogen and oxygen atoms in total. The minimum Gasteiger partial charge on any atom is -0.456 e. The molecule has 0 aliphatic rings. The summed E-state index contributed by atoms with van der Waals surface area (Å²) in [5.74, 6) is 0.237. The van der Waals surface area contributed by atoms with Crippen LogP contribution in [0.1, 0.15) is 50.7 Å². The van der Waals surface area contributed by atoms with Gasteiger partial charge in [0, 0.05) is 11.9 Å². The van der Waals surface area contributed by atoms with Crippen LogP contribution < -0.4 is 0 Å². The van der Waals surface area contributed by atoms with Crippen LogP contribution in [-0.4, -0.2) is 16.6 Å². The van der Waals surface area contributed by atoms with Gasteiger partial charge in [0.05, 0.1) is 5.56 Å². The molecule has 0 bridgehead atoms. The highest BCUT2D eigenvalue weighted by Crippen LogP contribution is 2.13. The van der Waals surface area contributed by atoms with E-state index in [1.165, 1.54) is 0 Å². The summed E-state index contributed by atoms with van der Waals surface area (Å²) < 4.78 is 5.32. The third kappa shape index (κ3) is 4.98. The average Bonchev–Trinajstić information content (AvgIpc) is 2.14. The van der Waals surface area contributed by atoms with E-state index >= 15 is 0 Å². The Morgan fingerprint density at radius 2 is 2.06 bits per heavy atom. The van der Waals surface area contributed by atoms with Gasteiger partial charge in [-0.25, -0.2) is 4.79 Å². The number of pyridine rings is 1. The molecule has 1 rings (SSSR count). The van der Waals surface area contributed by atoms with E-state index in [2.05, 4.69) is 18.8 Å². The molecule has 0 radical (unpaired) electrons. The van der Waals surface area contributed by atoms with Crippen molar-refractivity contribution < 1.29 is 9.53 Å². The van der Waals surface area contributed by atoms with Gasteiger partial charge in [-0.15, -0.1) is 0 Å². The molecule has 0 spiro atoms. The van der Waals surface area contributed by atoms with Crippen LogP contribution in [0.4, 0.5) is 0 Å². The molecule has 3 heteroatoms. The molecule has 0 fully saturated rings. The highest BCUT2D eigenvalue weighted by Gasteiger charge is 2.18. The Labute approximate surface area is 103 Å². The van der Waals surface area contributed by atoms with E-state index in [0.29, 0.717) is 11.5 Å². The van der Waals surface area contributed by atoms with Crippen LogP contribution in [0, 0.1) is 5.92 Å². The first kappa shape index (κ1) is 13.7. The van der Waals surface area contributed by atoms with Crippen LogP contribution in [0.15, 0.2) is 18.3 Å². The summed E-state index contributed by atoms with van der Waals surface area (Å²) in [7, 11) is 0. The van der Waals surface area contributed by atoms with Crippen molar-refractivity contribution in [2.45, 2.75) is 46.6 Å². The Bertz CT molecular complexity index is 391. The van der Waals surface area contributed by atoms with Crippen molar-refractivity contribution in [3.63, 3.8) is 0 Å². The molecule has 0 atom stereocenters. The number of ether oxygens (including phenoxy) is 1. The smallest absolute Gasteiger partial charge is 0.338 e. The molecular weight excluding hydrogens is 214 g/mol. The van der Waals surface area contributed by atoms with Crippen molar-refractivity contribution in [2.75, 3.05) is 0 Å². The Morgan fingerprint density at radius 3 is 2.59 bits per heavy atom. The highest BCUT2D eigenvalue weighted by atomic mass is 16.6. The van der Waals surface area contributed by atoms with Crippen molar-refractivity contribution >= 4 is 5.97 Å². The Morgan fingerprint density at radius 1 is 1.41 bits per heavy atom. The van der Waals surface area contributed by atoms with Crippen molar-refractivity contribution in [3.8, 4) is 0 Å². The second-order valence-corrected chi connectivity index (χ2v) is 5.64. The number of aromatic nitrogens is 1. The lowest BCUT2D eigenvalue weighted by Gasteiger charge is -2.19. The maximum absolute atomic E-state index is 11.8. The molecule has 0 saturated carbocycles. The fraction of sp³-hybridized carbons (Fsp3) is 0.571. The fourth-order valence-electron chi connectivity index (χ4n) is 1.47. The summed E-state index contributed by atoms with van der Waals surface area (Å²) in [5, 5.41) is 0. The number of rotatable bonds is 3. The Hall–Kier alpha value is -1.38. The third-order valence-corrected chi connectivity index (χ3v) is 2.07. The van der Waals surface area contributed by atoms with Crippen LogP contribution in [0.5, 0.6) is 0 Å². The maximum atomic E-state index is 11.8. The summed E-state index contributed by atoms with van der Waals surface area (Å²) in [6.07, 6.45) is 2.54. The summed E-state index contributed by atoms with van der Waals surface area (Å²) in [4.78, 5) is 16.1. The monoisotopic (exact) mass is 235 g/mol. The molecule has 1 heterocycles. The number of carbonyl (C=O) groups is 1. The largest absolute Gasteiger partial charge is 0.456 e. The first-order chi connectivity index (χ1) is 7.78. The normalized spacial score (nSPS) is 11.6. The molecule has 94 valence electrons.